The first-order chi connectivity index (χ1) is 15.7. The van der Waals surface area contributed by atoms with E-state index in [1.54, 1.807) is 37.1 Å². The van der Waals surface area contributed by atoms with Crippen LogP contribution in [0.25, 0.3) is 0 Å². The molecule has 2 aliphatic rings. The van der Waals surface area contributed by atoms with Crippen molar-refractivity contribution in [3.05, 3.63) is 47.1 Å². The number of pyridine rings is 1. The summed E-state index contributed by atoms with van der Waals surface area (Å²) in [4.78, 5) is 34.5. The molecule has 1 aliphatic heterocycles. The summed E-state index contributed by atoms with van der Waals surface area (Å²) in [6.07, 6.45) is 4.09. The van der Waals surface area contributed by atoms with E-state index in [-0.39, 0.29) is 36.4 Å². The Labute approximate surface area is 212 Å². The standard InChI is InChI=1S/C25H32ClN5O2.ClH/c1-16(27-4)23(32)29-22-9-8-21-20(28-22)15-30(18-10-12-25(2,3)13-11-18)24(33)31(21)19-7-5-6-17(26)14-19;/h5-9,14,16,18,27H,10-13,15H2,1-4H3,(H,28,29,32);1H/t16-;/m0./s1. The van der Waals surface area contributed by atoms with Gasteiger partial charge >= 0.3 is 6.03 Å². The van der Waals surface area contributed by atoms with Gasteiger partial charge in [0, 0.05) is 11.1 Å². The molecule has 7 nitrogen and oxygen atoms in total. The zero-order valence-corrected chi connectivity index (χ0v) is 21.7. The second kappa shape index (κ2) is 10.5. The van der Waals surface area contributed by atoms with Crippen LogP contribution in [-0.4, -0.2) is 41.0 Å². The number of rotatable bonds is 5. The van der Waals surface area contributed by atoms with E-state index in [1.807, 2.05) is 23.1 Å². The molecule has 2 aromatic rings. The molecular formula is C25H33Cl2N5O2. The number of carbonyl (C=O) groups excluding carboxylic acids is 2. The average Bonchev–Trinajstić information content (AvgIpc) is 2.78. The number of carbonyl (C=O) groups is 2. The second-order valence-corrected chi connectivity index (χ2v) is 10.2. The van der Waals surface area contributed by atoms with Crippen LogP contribution in [-0.2, 0) is 11.3 Å². The summed E-state index contributed by atoms with van der Waals surface area (Å²) >= 11 is 6.26. The number of fused-ring (bicyclic) bond motifs is 1. The Bertz CT molecular complexity index is 1050. The van der Waals surface area contributed by atoms with Crippen LogP contribution < -0.4 is 15.5 Å². The molecular weight excluding hydrogens is 473 g/mol. The van der Waals surface area contributed by atoms with E-state index in [2.05, 4.69) is 24.5 Å². The SMILES string of the molecule is CN[C@@H](C)C(=O)Nc1ccc2c(n1)CN(C1CCC(C)(C)CC1)C(=O)N2c1cccc(Cl)c1.Cl. The first-order valence-corrected chi connectivity index (χ1v) is 11.9. The van der Waals surface area contributed by atoms with Crippen LogP contribution in [0.15, 0.2) is 36.4 Å². The quantitative estimate of drug-likeness (QED) is 0.542. The number of likely N-dealkylation sites (N-methyl/N-ethyl adjacent to an activating group) is 1. The summed E-state index contributed by atoms with van der Waals surface area (Å²) in [6, 6.07) is 10.7. The van der Waals surface area contributed by atoms with Crippen molar-refractivity contribution < 1.29 is 9.59 Å². The van der Waals surface area contributed by atoms with Crippen LogP contribution in [0.4, 0.5) is 22.0 Å². The van der Waals surface area contributed by atoms with Gasteiger partial charge in [0.2, 0.25) is 5.91 Å². The normalized spacial score (nSPS) is 18.7. The number of nitrogens with one attached hydrogen (secondary N) is 2. The van der Waals surface area contributed by atoms with Gasteiger partial charge in [-0.3, -0.25) is 9.69 Å². The van der Waals surface area contributed by atoms with Crippen molar-refractivity contribution in [3.8, 4) is 0 Å². The second-order valence-electron chi connectivity index (χ2n) is 9.78. The Kier molecular flexibility index (Phi) is 8.11. The summed E-state index contributed by atoms with van der Waals surface area (Å²) < 4.78 is 0. The van der Waals surface area contributed by atoms with Crippen LogP contribution in [0.1, 0.15) is 52.1 Å². The van der Waals surface area contributed by atoms with Crippen LogP contribution in [0, 0.1) is 5.41 Å². The summed E-state index contributed by atoms with van der Waals surface area (Å²) in [5, 5.41) is 6.36. The highest BCUT2D eigenvalue weighted by molar-refractivity contribution is 6.31. The molecule has 2 heterocycles. The van der Waals surface area contributed by atoms with E-state index in [0.717, 1.165) is 31.4 Å². The minimum absolute atomic E-state index is 0. The van der Waals surface area contributed by atoms with Gasteiger partial charge in [0.15, 0.2) is 0 Å². The van der Waals surface area contributed by atoms with Gasteiger partial charge in [0.25, 0.3) is 0 Å². The van der Waals surface area contributed by atoms with E-state index in [4.69, 9.17) is 16.6 Å². The monoisotopic (exact) mass is 505 g/mol. The van der Waals surface area contributed by atoms with Gasteiger partial charge in [-0.05, 0) is 75.4 Å². The zero-order chi connectivity index (χ0) is 23.8. The van der Waals surface area contributed by atoms with Gasteiger partial charge in [-0.2, -0.15) is 0 Å². The smallest absolute Gasteiger partial charge is 0.315 e. The predicted molar refractivity (Wildman–Crippen MR) is 139 cm³/mol. The molecule has 1 saturated carbocycles. The molecule has 184 valence electrons. The molecule has 2 N–H and O–H groups in total. The van der Waals surface area contributed by atoms with Gasteiger partial charge in [0.05, 0.1) is 29.7 Å². The number of amides is 3. The Morgan fingerprint density at radius 3 is 2.56 bits per heavy atom. The molecule has 0 radical (unpaired) electrons. The van der Waals surface area contributed by atoms with Crippen molar-refractivity contribution in [1.29, 1.82) is 0 Å². The maximum absolute atomic E-state index is 13.8. The number of benzene rings is 1. The van der Waals surface area contributed by atoms with Crippen molar-refractivity contribution in [3.63, 3.8) is 0 Å². The van der Waals surface area contributed by atoms with Crippen LogP contribution in [0.3, 0.4) is 0 Å². The van der Waals surface area contributed by atoms with E-state index in [0.29, 0.717) is 34.2 Å². The summed E-state index contributed by atoms with van der Waals surface area (Å²) in [5.74, 6) is 0.320. The number of hydrogen-bond donors (Lipinski definition) is 2. The lowest BCUT2D eigenvalue weighted by atomic mass is 9.75. The topological polar surface area (TPSA) is 77.6 Å². The number of anilines is 3. The molecule has 34 heavy (non-hydrogen) atoms. The van der Waals surface area contributed by atoms with Gasteiger partial charge in [-0.1, -0.05) is 31.5 Å². The van der Waals surface area contributed by atoms with Crippen molar-refractivity contribution in [2.75, 3.05) is 17.3 Å². The number of aromatic nitrogens is 1. The molecule has 3 amide bonds. The zero-order valence-electron chi connectivity index (χ0n) is 20.1. The largest absolute Gasteiger partial charge is 0.329 e. The maximum atomic E-state index is 13.8. The Hall–Kier alpha value is -2.35. The summed E-state index contributed by atoms with van der Waals surface area (Å²) in [5.41, 5.74) is 2.49. The average molecular weight is 506 g/mol. The number of urea groups is 1. The molecule has 1 fully saturated rings. The van der Waals surface area contributed by atoms with Crippen molar-refractivity contribution in [2.45, 2.75) is 65.1 Å². The minimum Gasteiger partial charge on any atom is -0.315 e. The molecule has 1 aromatic carbocycles. The fourth-order valence-corrected chi connectivity index (χ4v) is 4.74. The fourth-order valence-electron chi connectivity index (χ4n) is 4.56. The molecule has 0 spiro atoms. The minimum atomic E-state index is -0.338. The van der Waals surface area contributed by atoms with Gasteiger partial charge in [-0.25, -0.2) is 9.78 Å². The Morgan fingerprint density at radius 1 is 1.21 bits per heavy atom. The van der Waals surface area contributed by atoms with Crippen LogP contribution in [0.2, 0.25) is 5.02 Å². The van der Waals surface area contributed by atoms with Crippen molar-refractivity contribution in [1.82, 2.24) is 15.2 Å². The number of halogens is 2. The van der Waals surface area contributed by atoms with Gasteiger partial charge in [-0.15, -0.1) is 12.4 Å². The third-order valence-electron chi connectivity index (χ3n) is 6.84. The predicted octanol–water partition coefficient (Wildman–Crippen LogP) is 5.75. The highest BCUT2D eigenvalue weighted by atomic mass is 35.5. The van der Waals surface area contributed by atoms with Crippen LogP contribution in [0.5, 0.6) is 0 Å². The first kappa shape index (κ1) is 26.3. The lowest BCUT2D eigenvalue weighted by molar-refractivity contribution is -0.117. The van der Waals surface area contributed by atoms with Gasteiger partial charge < -0.3 is 15.5 Å². The Morgan fingerprint density at radius 2 is 1.91 bits per heavy atom. The maximum Gasteiger partial charge on any atom is 0.329 e. The van der Waals surface area contributed by atoms with E-state index in [1.165, 1.54) is 0 Å². The van der Waals surface area contributed by atoms with Crippen molar-refractivity contribution >= 4 is 53.1 Å². The molecule has 0 unspecified atom stereocenters. The molecule has 4 rings (SSSR count). The highest BCUT2D eigenvalue weighted by Crippen LogP contribution is 2.41. The lowest BCUT2D eigenvalue weighted by Gasteiger charge is -2.44. The van der Waals surface area contributed by atoms with E-state index < -0.39 is 0 Å². The van der Waals surface area contributed by atoms with Crippen molar-refractivity contribution in [2.24, 2.45) is 5.41 Å². The lowest BCUT2D eigenvalue weighted by Crippen LogP contribution is -2.51. The first-order valence-electron chi connectivity index (χ1n) is 11.5. The van der Waals surface area contributed by atoms with E-state index >= 15 is 0 Å². The summed E-state index contributed by atoms with van der Waals surface area (Å²) in [7, 11) is 1.74. The number of hydrogen-bond acceptors (Lipinski definition) is 4. The van der Waals surface area contributed by atoms with Crippen LogP contribution >= 0.6 is 24.0 Å². The Balaban J connectivity index is 0.00000324. The summed E-state index contributed by atoms with van der Waals surface area (Å²) in [6.45, 7) is 6.79. The fraction of sp³-hybridized carbons (Fsp3) is 0.480. The third-order valence-corrected chi connectivity index (χ3v) is 7.08. The van der Waals surface area contributed by atoms with Gasteiger partial charge in [0.1, 0.15) is 5.82 Å². The van der Waals surface area contributed by atoms with E-state index in [9.17, 15) is 9.59 Å². The molecule has 1 aliphatic carbocycles. The third kappa shape index (κ3) is 5.48. The molecule has 9 heteroatoms. The molecule has 1 aromatic heterocycles. The molecule has 0 saturated heterocycles. The molecule has 0 bridgehead atoms. The highest BCUT2D eigenvalue weighted by Gasteiger charge is 2.39. The number of nitrogens with zero attached hydrogens (tertiary/aromatic N) is 3. The molecule has 1 atom stereocenters.